The van der Waals surface area contributed by atoms with Crippen LogP contribution < -0.4 is 10.1 Å². The van der Waals surface area contributed by atoms with Gasteiger partial charge >= 0.3 is 0 Å². The normalized spacial score (nSPS) is 19.8. The summed E-state index contributed by atoms with van der Waals surface area (Å²) < 4.78 is 6.06. The van der Waals surface area contributed by atoms with Crippen LogP contribution in [0.4, 0.5) is 0 Å². The van der Waals surface area contributed by atoms with Gasteiger partial charge in [-0.1, -0.05) is 36.4 Å². The summed E-state index contributed by atoms with van der Waals surface area (Å²) in [6, 6.07) is 18.6. The molecule has 0 bridgehead atoms. The van der Waals surface area contributed by atoms with Gasteiger partial charge < -0.3 is 10.1 Å². The Kier molecular flexibility index (Phi) is 4.00. The van der Waals surface area contributed by atoms with Gasteiger partial charge in [-0.15, -0.1) is 0 Å². The van der Waals surface area contributed by atoms with Crippen LogP contribution in [0, 0.1) is 0 Å². The SMILES string of the molecule is CN1CCNCC1c1ccccc1Oc1ccccc1. The Morgan fingerprint density at radius 1 is 1.05 bits per heavy atom. The fourth-order valence-corrected chi connectivity index (χ4v) is 2.62. The van der Waals surface area contributed by atoms with E-state index in [1.807, 2.05) is 42.5 Å². The lowest BCUT2D eigenvalue weighted by Crippen LogP contribution is -2.43. The molecule has 1 heterocycles. The summed E-state index contributed by atoms with van der Waals surface area (Å²) in [4.78, 5) is 2.38. The van der Waals surface area contributed by atoms with Crippen LogP contribution in [-0.2, 0) is 0 Å². The highest BCUT2D eigenvalue weighted by atomic mass is 16.5. The van der Waals surface area contributed by atoms with E-state index >= 15 is 0 Å². The molecule has 0 aromatic heterocycles. The predicted octanol–water partition coefficient (Wildman–Crippen LogP) is 3.06. The number of hydrogen-bond donors (Lipinski definition) is 1. The van der Waals surface area contributed by atoms with E-state index in [1.54, 1.807) is 0 Å². The second-order valence-electron chi connectivity index (χ2n) is 5.15. The maximum Gasteiger partial charge on any atom is 0.132 e. The average Bonchev–Trinajstić information content (AvgIpc) is 2.50. The van der Waals surface area contributed by atoms with Gasteiger partial charge in [-0.05, 0) is 25.2 Å². The molecule has 1 atom stereocenters. The van der Waals surface area contributed by atoms with Gasteiger partial charge in [-0.25, -0.2) is 0 Å². The number of likely N-dealkylation sites (N-methyl/N-ethyl adjacent to an activating group) is 1. The molecule has 2 aromatic carbocycles. The molecular weight excluding hydrogens is 248 g/mol. The van der Waals surface area contributed by atoms with Gasteiger partial charge in [0.15, 0.2) is 0 Å². The summed E-state index contributed by atoms with van der Waals surface area (Å²) in [5.41, 5.74) is 1.24. The summed E-state index contributed by atoms with van der Waals surface area (Å²) in [5.74, 6) is 1.82. The Bertz CT molecular complexity index is 556. The van der Waals surface area contributed by atoms with Gasteiger partial charge in [0.05, 0.1) is 6.04 Å². The van der Waals surface area contributed by atoms with Crippen LogP contribution in [-0.4, -0.2) is 31.6 Å². The smallest absolute Gasteiger partial charge is 0.132 e. The number of ether oxygens (including phenoxy) is 1. The van der Waals surface area contributed by atoms with Crippen molar-refractivity contribution in [1.29, 1.82) is 0 Å². The third-order valence-electron chi connectivity index (χ3n) is 3.76. The van der Waals surface area contributed by atoms with E-state index in [0.29, 0.717) is 6.04 Å². The molecule has 3 heteroatoms. The highest BCUT2D eigenvalue weighted by molar-refractivity contribution is 5.40. The second-order valence-corrected chi connectivity index (χ2v) is 5.15. The minimum absolute atomic E-state index is 0.365. The summed E-state index contributed by atoms with van der Waals surface area (Å²) >= 11 is 0. The largest absolute Gasteiger partial charge is 0.457 e. The van der Waals surface area contributed by atoms with Crippen LogP contribution in [0.1, 0.15) is 11.6 Å². The molecule has 1 aliphatic heterocycles. The fraction of sp³-hybridized carbons (Fsp3) is 0.294. The van der Waals surface area contributed by atoms with E-state index in [9.17, 15) is 0 Å². The maximum atomic E-state index is 6.06. The molecule has 0 aliphatic carbocycles. The Labute approximate surface area is 120 Å². The van der Waals surface area contributed by atoms with E-state index in [4.69, 9.17) is 4.74 Å². The first-order chi connectivity index (χ1) is 9.84. The lowest BCUT2D eigenvalue weighted by molar-refractivity contribution is 0.199. The first-order valence-corrected chi connectivity index (χ1v) is 7.07. The third-order valence-corrected chi connectivity index (χ3v) is 3.76. The average molecular weight is 268 g/mol. The predicted molar refractivity (Wildman–Crippen MR) is 81.2 cm³/mol. The Hall–Kier alpha value is -1.84. The van der Waals surface area contributed by atoms with Crippen molar-refractivity contribution in [3.8, 4) is 11.5 Å². The van der Waals surface area contributed by atoms with E-state index < -0.39 is 0 Å². The lowest BCUT2D eigenvalue weighted by atomic mass is 10.0. The number of piperazine rings is 1. The Morgan fingerprint density at radius 2 is 1.80 bits per heavy atom. The molecule has 1 fully saturated rings. The van der Waals surface area contributed by atoms with Crippen molar-refractivity contribution in [2.24, 2.45) is 0 Å². The van der Waals surface area contributed by atoms with Crippen molar-refractivity contribution in [3.63, 3.8) is 0 Å². The minimum atomic E-state index is 0.365. The number of nitrogens with one attached hydrogen (secondary N) is 1. The van der Waals surface area contributed by atoms with Crippen LogP contribution in [0.5, 0.6) is 11.5 Å². The standard InChI is InChI=1S/C17H20N2O/c1-19-12-11-18-13-16(19)15-9-5-6-10-17(15)20-14-7-3-2-4-8-14/h2-10,16,18H,11-13H2,1H3. The molecule has 0 radical (unpaired) electrons. The van der Waals surface area contributed by atoms with Gasteiger partial charge in [0.2, 0.25) is 0 Å². The van der Waals surface area contributed by atoms with Gasteiger partial charge in [-0.3, -0.25) is 4.90 Å². The molecular formula is C17H20N2O. The van der Waals surface area contributed by atoms with Gasteiger partial charge in [-0.2, -0.15) is 0 Å². The Balaban J connectivity index is 1.88. The second kappa shape index (κ2) is 6.07. The fourth-order valence-electron chi connectivity index (χ4n) is 2.62. The van der Waals surface area contributed by atoms with Crippen molar-refractivity contribution in [3.05, 3.63) is 60.2 Å². The summed E-state index contributed by atoms with van der Waals surface area (Å²) in [5, 5.41) is 3.46. The molecule has 104 valence electrons. The van der Waals surface area contributed by atoms with E-state index in [1.165, 1.54) is 5.56 Å². The maximum absolute atomic E-state index is 6.06. The van der Waals surface area contributed by atoms with Gasteiger partial charge in [0.25, 0.3) is 0 Å². The first-order valence-electron chi connectivity index (χ1n) is 7.07. The van der Waals surface area contributed by atoms with Crippen LogP contribution >= 0.6 is 0 Å². The zero-order valence-electron chi connectivity index (χ0n) is 11.8. The van der Waals surface area contributed by atoms with Crippen LogP contribution in [0.25, 0.3) is 0 Å². The van der Waals surface area contributed by atoms with Crippen LogP contribution in [0.2, 0.25) is 0 Å². The monoisotopic (exact) mass is 268 g/mol. The molecule has 0 saturated carbocycles. The quantitative estimate of drug-likeness (QED) is 0.926. The highest BCUT2D eigenvalue weighted by Gasteiger charge is 2.23. The topological polar surface area (TPSA) is 24.5 Å². The highest BCUT2D eigenvalue weighted by Crippen LogP contribution is 2.32. The van der Waals surface area contributed by atoms with Gasteiger partial charge in [0.1, 0.15) is 11.5 Å². The van der Waals surface area contributed by atoms with Crippen molar-refractivity contribution in [1.82, 2.24) is 10.2 Å². The molecule has 1 unspecified atom stereocenters. The summed E-state index contributed by atoms with van der Waals surface area (Å²) in [6.07, 6.45) is 0. The lowest BCUT2D eigenvalue weighted by Gasteiger charge is -2.34. The molecule has 1 N–H and O–H groups in total. The van der Waals surface area contributed by atoms with Crippen LogP contribution in [0.3, 0.4) is 0 Å². The molecule has 0 amide bonds. The molecule has 3 rings (SSSR count). The number of hydrogen-bond acceptors (Lipinski definition) is 3. The zero-order valence-corrected chi connectivity index (χ0v) is 11.8. The molecule has 20 heavy (non-hydrogen) atoms. The van der Waals surface area contributed by atoms with E-state index in [-0.39, 0.29) is 0 Å². The zero-order chi connectivity index (χ0) is 13.8. The van der Waals surface area contributed by atoms with Crippen molar-refractivity contribution >= 4 is 0 Å². The number of rotatable bonds is 3. The van der Waals surface area contributed by atoms with Crippen molar-refractivity contribution < 1.29 is 4.74 Å². The molecule has 2 aromatic rings. The molecule has 1 aliphatic rings. The summed E-state index contributed by atoms with van der Waals surface area (Å²) in [7, 11) is 2.17. The number of para-hydroxylation sites is 2. The summed E-state index contributed by atoms with van der Waals surface area (Å²) in [6.45, 7) is 3.07. The molecule has 3 nitrogen and oxygen atoms in total. The number of benzene rings is 2. The van der Waals surface area contributed by atoms with Gasteiger partial charge in [0, 0.05) is 25.2 Å². The Morgan fingerprint density at radius 3 is 2.60 bits per heavy atom. The molecule has 1 saturated heterocycles. The number of nitrogens with zero attached hydrogens (tertiary/aromatic N) is 1. The third kappa shape index (κ3) is 2.84. The van der Waals surface area contributed by atoms with E-state index in [2.05, 4.69) is 29.4 Å². The van der Waals surface area contributed by atoms with Crippen LogP contribution in [0.15, 0.2) is 54.6 Å². The van der Waals surface area contributed by atoms with Crippen molar-refractivity contribution in [2.45, 2.75) is 6.04 Å². The first kappa shape index (κ1) is 13.2. The van der Waals surface area contributed by atoms with E-state index in [0.717, 1.165) is 31.1 Å². The minimum Gasteiger partial charge on any atom is -0.457 e. The molecule has 0 spiro atoms. The van der Waals surface area contributed by atoms with Crippen molar-refractivity contribution in [2.75, 3.05) is 26.7 Å².